The van der Waals surface area contributed by atoms with Crippen molar-refractivity contribution in [2.45, 2.75) is 19.8 Å². The second-order valence-corrected chi connectivity index (χ2v) is 4.02. The molecule has 0 saturated carbocycles. The van der Waals surface area contributed by atoms with Crippen molar-refractivity contribution in [1.29, 1.82) is 0 Å². The highest BCUT2D eigenvalue weighted by molar-refractivity contribution is 5.89. The number of aromatic nitrogens is 1. The predicted molar refractivity (Wildman–Crippen MR) is 60.8 cm³/mol. The summed E-state index contributed by atoms with van der Waals surface area (Å²) in [6.45, 7) is 3.63. The fourth-order valence-corrected chi connectivity index (χ4v) is 1.58. The predicted octanol–water partition coefficient (Wildman–Crippen LogP) is 1.69. The number of hydrogen-bond acceptors (Lipinski definition) is 4. The Labute approximate surface area is 99.4 Å². The smallest absolute Gasteiger partial charge is 0.339 e. The van der Waals surface area contributed by atoms with Crippen LogP contribution in [0.25, 0.3) is 0 Å². The maximum atomic E-state index is 11.2. The van der Waals surface area contributed by atoms with E-state index in [1.807, 2.05) is 13.8 Å². The molecular formula is C12H15NO4. The third-order valence-electron chi connectivity index (χ3n) is 2.46. The Bertz CT molecular complexity index is 411. The molecule has 1 atom stereocenters. The van der Waals surface area contributed by atoms with Crippen LogP contribution in [0.3, 0.4) is 0 Å². The van der Waals surface area contributed by atoms with Crippen molar-refractivity contribution in [2.75, 3.05) is 7.11 Å². The molecule has 0 aliphatic heterocycles. The quantitative estimate of drug-likeness (QED) is 0.806. The Morgan fingerprint density at radius 1 is 1.35 bits per heavy atom. The summed E-state index contributed by atoms with van der Waals surface area (Å²) in [5.74, 6) is -2.13. The fourth-order valence-electron chi connectivity index (χ4n) is 1.58. The molecule has 1 heterocycles. The first-order valence-corrected chi connectivity index (χ1v) is 5.24. The molecule has 0 radical (unpaired) electrons. The fraction of sp³-hybridized carbons (Fsp3) is 0.417. The van der Waals surface area contributed by atoms with Crippen molar-refractivity contribution in [3.05, 3.63) is 29.6 Å². The highest BCUT2D eigenvalue weighted by Crippen LogP contribution is 2.23. The molecule has 1 aromatic rings. The molecule has 92 valence electrons. The van der Waals surface area contributed by atoms with Crippen LogP contribution in [0.15, 0.2) is 18.3 Å². The van der Waals surface area contributed by atoms with Gasteiger partial charge < -0.3 is 9.84 Å². The number of pyridine rings is 1. The van der Waals surface area contributed by atoms with Gasteiger partial charge in [-0.1, -0.05) is 13.8 Å². The molecule has 0 aliphatic rings. The molecule has 0 amide bonds. The van der Waals surface area contributed by atoms with Gasteiger partial charge in [-0.05, 0) is 18.1 Å². The minimum absolute atomic E-state index is 0.0658. The van der Waals surface area contributed by atoms with Gasteiger partial charge in [0.2, 0.25) is 0 Å². The molecule has 1 aromatic heterocycles. The molecule has 0 bridgehead atoms. The maximum absolute atomic E-state index is 11.2. The summed E-state index contributed by atoms with van der Waals surface area (Å²) in [6, 6.07) is 3.07. The highest BCUT2D eigenvalue weighted by atomic mass is 16.5. The standard InChI is InChI=1S/C12H15NO4/c1-7(2)10(11(14)15)9-5-4-8(6-13-9)12(16)17-3/h4-7,10H,1-3H3,(H,14,15). The van der Waals surface area contributed by atoms with Crippen molar-refractivity contribution in [1.82, 2.24) is 4.98 Å². The second kappa shape index (κ2) is 5.43. The Morgan fingerprint density at radius 3 is 2.35 bits per heavy atom. The van der Waals surface area contributed by atoms with Gasteiger partial charge in [0.15, 0.2) is 0 Å². The van der Waals surface area contributed by atoms with E-state index >= 15 is 0 Å². The SMILES string of the molecule is COC(=O)c1ccc(C(C(=O)O)C(C)C)nc1. The number of aliphatic carboxylic acids is 1. The van der Waals surface area contributed by atoms with Crippen molar-refractivity contribution < 1.29 is 19.4 Å². The third-order valence-corrected chi connectivity index (χ3v) is 2.46. The number of esters is 1. The van der Waals surface area contributed by atoms with Crippen molar-refractivity contribution >= 4 is 11.9 Å². The van der Waals surface area contributed by atoms with Gasteiger partial charge in [0.1, 0.15) is 5.92 Å². The molecule has 0 spiro atoms. The Kier molecular flexibility index (Phi) is 4.20. The van der Waals surface area contributed by atoms with E-state index in [4.69, 9.17) is 5.11 Å². The monoisotopic (exact) mass is 237 g/mol. The zero-order chi connectivity index (χ0) is 13.0. The minimum atomic E-state index is -0.918. The van der Waals surface area contributed by atoms with Crippen LogP contribution in [0.1, 0.15) is 35.8 Å². The molecule has 1 rings (SSSR count). The van der Waals surface area contributed by atoms with Crippen LogP contribution in [0, 0.1) is 5.92 Å². The van der Waals surface area contributed by atoms with Crippen LogP contribution < -0.4 is 0 Å². The van der Waals surface area contributed by atoms with Crippen LogP contribution in [-0.2, 0) is 9.53 Å². The van der Waals surface area contributed by atoms with Gasteiger partial charge in [-0.15, -0.1) is 0 Å². The van der Waals surface area contributed by atoms with Crippen LogP contribution in [0.4, 0.5) is 0 Å². The lowest BCUT2D eigenvalue weighted by atomic mass is 9.92. The average Bonchev–Trinajstić information content (AvgIpc) is 2.28. The van der Waals surface area contributed by atoms with E-state index < -0.39 is 17.9 Å². The maximum Gasteiger partial charge on any atom is 0.339 e. The van der Waals surface area contributed by atoms with E-state index in [2.05, 4.69) is 9.72 Å². The number of carbonyl (C=O) groups is 2. The normalized spacial score (nSPS) is 12.2. The van der Waals surface area contributed by atoms with E-state index in [0.717, 1.165) is 0 Å². The summed E-state index contributed by atoms with van der Waals surface area (Å²) in [5, 5.41) is 9.09. The van der Waals surface area contributed by atoms with Crippen LogP contribution in [-0.4, -0.2) is 29.1 Å². The van der Waals surface area contributed by atoms with Crippen molar-refractivity contribution in [2.24, 2.45) is 5.92 Å². The van der Waals surface area contributed by atoms with Crippen molar-refractivity contribution in [3.8, 4) is 0 Å². The molecule has 0 aromatic carbocycles. The van der Waals surface area contributed by atoms with Gasteiger partial charge in [0.25, 0.3) is 0 Å². The van der Waals surface area contributed by atoms with E-state index in [1.54, 1.807) is 6.07 Å². The molecule has 5 heteroatoms. The van der Waals surface area contributed by atoms with Crippen LogP contribution in [0.5, 0.6) is 0 Å². The third kappa shape index (κ3) is 3.03. The first-order chi connectivity index (χ1) is 7.97. The summed E-state index contributed by atoms with van der Waals surface area (Å²) in [7, 11) is 1.28. The molecule has 5 nitrogen and oxygen atoms in total. The molecule has 0 aliphatic carbocycles. The van der Waals surface area contributed by atoms with E-state index in [0.29, 0.717) is 11.3 Å². The second-order valence-electron chi connectivity index (χ2n) is 4.02. The van der Waals surface area contributed by atoms with Gasteiger partial charge in [-0.3, -0.25) is 9.78 Å². The summed E-state index contributed by atoms with van der Waals surface area (Å²) >= 11 is 0. The Balaban J connectivity index is 3.00. The van der Waals surface area contributed by atoms with Crippen LogP contribution >= 0.6 is 0 Å². The van der Waals surface area contributed by atoms with Gasteiger partial charge in [-0.2, -0.15) is 0 Å². The number of ether oxygens (including phenoxy) is 1. The summed E-state index contributed by atoms with van der Waals surface area (Å²) in [5.41, 5.74) is 0.754. The molecule has 1 unspecified atom stereocenters. The van der Waals surface area contributed by atoms with Crippen molar-refractivity contribution in [3.63, 3.8) is 0 Å². The molecule has 1 N–H and O–H groups in total. The number of rotatable bonds is 4. The summed E-state index contributed by atoms with van der Waals surface area (Å²) < 4.78 is 4.54. The Morgan fingerprint density at radius 2 is 2.00 bits per heavy atom. The lowest BCUT2D eigenvalue weighted by Gasteiger charge is -2.15. The number of nitrogens with zero attached hydrogens (tertiary/aromatic N) is 1. The first kappa shape index (κ1) is 13.2. The van der Waals surface area contributed by atoms with E-state index in [1.165, 1.54) is 19.4 Å². The lowest BCUT2D eigenvalue weighted by molar-refractivity contribution is -0.140. The summed E-state index contributed by atoms with van der Waals surface area (Å²) in [6.07, 6.45) is 1.33. The number of carbonyl (C=O) groups excluding carboxylic acids is 1. The average molecular weight is 237 g/mol. The topological polar surface area (TPSA) is 76.5 Å². The number of carboxylic acid groups (broad SMARTS) is 1. The largest absolute Gasteiger partial charge is 0.481 e. The lowest BCUT2D eigenvalue weighted by Crippen LogP contribution is -2.19. The van der Waals surface area contributed by atoms with E-state index in [-0.39, 0.29) is 5.92 Å². The van der Waals surface area contributed by atoms with Gasteiger partial charge >= 0.3 is 11.9 Å². The molecule has 17 heavy (non-hydrogen) atoms. The van der Waals surface area contributed by atoms with Crippen LogP contribution in [0.2, 0.25) is 0 Å². The Hall–Kier alpha value is -1.91. The molecular weight excluding hydrogens is 222 g/mol. The first-order valence-electron chi connectivity index (χ1n) is 5.24. The molecule has 0 fully saturated rings. The van der Waals surface area contributed by atoms with Gasteiger partial charge in [0, 0.05) is 6.20 Å². The highest BCUT2D eigenvalue weighted by Gasteiger charge is 2.25. The zero-order valence-electron chi connectivity index (χ0n) is 10.0. The molecule has 0 saturated heterocycles. The number of carboxylic acids is 1. The minimum Gasteiger partial charge on any atom is -0.481 e. The summed E-state index contributed by atoms with van der Waals surface area (Å²) in [4.78, 5) is 26.3. The van der Waals surface area contributed by atoms with Gasteiger partial charge in [-0.25, -0.2) is 4.79 Å². The number of hydrogen-bond donors (Lipinski definition) is 1. The zero-order valence-corrected chi connectivity index (χ0v) is 10.0. The van der Waals surface area contributed by atoms with E-state index in [9.17, 15) is 9.59 Å². The number of methoxy groups -OCH3 is 1. The van der Waals surface area contributed by atoms with Gasteiger partial charge in [0.05, 0.1) is 18.4 Å².